The van der Waals surface area contributed by atoms with E-state index >= 15 is 0 Å². The topological polar surface area (TPSA) is 38.3 Å². The van der Waals surface area contributed by atoms with Gasteiger partial charge in [0, 0.05) is 12.6 Å². The summed E-state index contributed by atoms with van der Waals surface area (Å²) in [5, 5.41) is 2.97. The first-order valence-electron chi connectivity index (χ1n) is 8.78. The first-order valence-corrected chi connectivity index (χ1v) is 8.78. The van der Waals surface area contributed by atoms with Crippen LogP contribution in [0.4, 0.5) is 0 Å². The Bertz CT molecular complexity index is 477. The molecule has 0 spiro atoms. The molecule has 0 aliphatic heterocycles. The summed E-state index contributed by atoms with van der Waals surface area (Å²) in [6, 6.07) is 7.74. The second-order valence-electron chi connectivity index (χ2n) is 5.97. The monoisotopic (exact) mass is 317 g/mol. The van der Waals surface area contributed by atoms with Gasteiger partial charge in [-0.3, -0.25) is 4.79 Å². The van der Waals surface area contributed by atoms with E-state index in [1.807, 2.05) is 31.2 Å². The molecule has 0 aliphatic rings. The number of unbranched alkanes of at least 4 members (excludes halogenated alkanes) is 6. The van der Waals surface area contributed by atoms with Gasteiger partial charge in [-0.2, -0.15) is 0 Å². The van der Waals surface area contributed by atoms with Crippen LogP contribution in [-0.2, 0) is 4.79 Å². The molecule has 0 saturated heterocycles. The number of ether oxygens (including phenoxy) is 1. The van der Waals surface area contributed by atoms with Crippen LogP contribution in [0, 0.1) is 0 Å². The molecule has 0 atom stereocenters. The van der Waals surface area contributed by atoms with Crippen molar-refractivity contribution in [3.05, 3.63) is 35.9 Å². The average molecular weight is 317 g/mol. The molecule has 128 valence electrons. The third kappa shape index (κ3) is 8.44. The maximum Gasteiger partial charge on any atom is 0.244 e. The van der Waals surface area contributed by atoms with E-state index in [1.54, 1.807) is 13.2 Å². The van der Waals surface area contributed by atoms with Crippen molar-refractivity contribution in [2.45, 2.75) is 58.8 Å². The number of amides is 1. The molecular formula is C20H31NO2. The number of carbonyl (C=O) groups is 1. The molecule has 1 aromatic carbocycles. The van der Waals surface area contributed by atoms with Crippen molar-refractivity contribution in [3.63, 3.8) is 0 Å². The summed E-state index contributed by atoms with van der Waals surface area (Å²) in [5.41, 5.74) is 2.00. The van der Waals surface area contributed by atoms with Crippen LogP contribution in [0.3, 0.4) is 0 Å². The van der Waals surface area contributed by atoms with E-state index in [1.165, 1.54) is 38.5 Å². The summed E-state index contributed by atoms with van der Waals surface area (Å²) < 4.78 is 5.14. The minimum absolute atomic E-state index is 0.00991. The van der Waals surface area contributed by atoms with Gasteiger partial charge < -0.3 is 10.1 Å². The number of rotatable bonds is 11. The molecular weight excluding hydrogens is 286 g/mol. The van der Waals surface area contributed by atoms with E-state index in [0.29, 0.717) is 0 Å². The third-order valence-electron chi connectivity index (χ3n) is 3.97. The lowest BCUT2D eigenvalue weighted by Crippen LogP contribution is -2.22. The number of hydrogen-bond donors (Lipinski definition) is 1. The Morgan fingerprint density at radius 1 is 1.04 bits per heavy atom. The smallest absolute Gasteiger partial charge is 0.244 e. The second kappa shape index (κ2) is 11.8. The Morgan fingerprint density at radius 2 is 1.65 bits per heavy atom. The number of methoxy groups -OCH3 is 1. The molecule has 23 heavy (non-hydrogen) atoms. The zero-order valence-corrected chi connectivity index (χ0v) is 14.9. The van der Waals surface area contributed by atoms with Crippen LogP contribution in [0.1, 0.15) is 64.4 Å². The minimum Gasteiger partial charge on any atom is -0.497 e. The SMILES string of the molecule is CCCCCCCCCNC(=O)/C=C(/C)c1ccc(OC)cc1. The van der Waals surface area contributed by atoms with Gasteiger partial charge >= 0.3 is 0 Å². The molecule has 1 N–H and O–H groups in total. The number of carbonyl (C=O) groups excluding carboxylic acids is 1. The Balaban J connectivity index is 2.23. The molecule has 3 heteroatoms. The van der Waals surface area contributed by atoms with Gasteiger partial charge in [-0.15, -0.1) is 0 Å². The van der Waals surface area contributed by atoms with E-state index in [0.717, 1.165) is 29.9 Å². The summed E-state index contributed by atoms with van der Waals surface area (Å²) in [5.74, 6) is 0.814. The molecule has 0 aromatic heterocycles. The fourth-order valence-electron chi connectivity index (χ4n) is 2.48. The zero-order valence-electron chi connectivity index (χ0n) is 14.9. The first-order chi connectivity index (χ1) is 11.2. The molecule has 0 radical (unpaired) electrons. The molecule has 0 bridgehead atoms. The Hall–Kier alpha value is -1.77. The summed E-state index contributed by atoms with van der Waals surface area (Å²) in [6.07, 6.45) is 10.5. The van der Waals surface area contributed by atoms with Crippen molar-refractivity contribution in [2.24, 2.45) is 0 Å². The highest BCUT2D eigenvalue weighted by molar-refractivity contribution is 5.94. The Morgan fingerprint density at radius 3 is 2.26 bits per heavy atom. The van der Waals surface area contributed by atoms with Crippen molar-refractivity contribution >= 4 is 11.5 Å². The van der Waals surface area contributed by atoms with Crippen LogP contribution < -0.4 is 10.1 Å². The zero-order chi connectivity index (χ0) is 16.9. The maximum absolute atomic E-state index is 11.9. The Labute approximate surface area is 141 Å². The van der Waals surface area contributed by atoms with Crippen LogP contribution in [0.15, 0.2) is 30.3 Å². The van der Waals surface area contributed by atoms with E-state index in [4.69, 9.17) is 4.74 Å². The van der Waals surface area contributed by atoms with Gasteiger partial charge in [-0.25, -0.2) is 0 Å². The molecule has 0 fully saturated rings. The van der Waals surface area contributed by atoms with Gasteiger partial charge in [0.25, 0.3) is 0 Å². The highest BCUT2D eigenvalue weighted by Crippen LogP contribution is 2.17. The molecule has 0 saturated carbocycles. The van der Waals surface area contributed by atoms with Crippen LogP contribution >= 0.6 is 0 Å². The van der Waals surface area contributed by atoms with Crippen molar-refractivity contribution < 1.29 is 9.53 Å². The fraction of sp³-hybridized carbons (Fsp3) is 0.550. The van der Waals surface area contributed by atoms with Crippen LogP contribution in [0.5, 0.6) is 5.75 Å². The van der Waals surface area contributed by atoms with E-state index in [2.05, 4.69) is 12.2 Å². The summed E-state index contributed by atoms with van der Waals surface area (Å²) in [6.45, 7) is 4.95. The van der Waals surface area contributed by atoms with Crippen LogP contribution in [0.2, 0.25) is 0 Å². The van der Waals surface area contributed by atoms with Gasteiger partial charge in [0.2, 0.25) is 5.91 Å². The standard InChI is InChI=1S/C20H31NO2/c1-4-5-6-7-8-9-10-15-21-20(22)16-17(2)18-11-13-19(23-3)14-12-18/h11-14,16H,4-10,15H2,1-3H3,(H,21,22)/b17-16-. The van der Waals surface area contributed by atoms with Crippen molar-refractivity contribution in [1.29, 1.82) is 0 Å². The van der Waals surface area contributed by atoms with Gasteiger partial charge in [0.05, 0.1) is 7.11 Å². The number of nitrogens with one attached hydrogen (secondary N) is 1. The molecule has 0 aliphatic carbocycles. The predicted molar refractivity (Wildman–Crippen MR) is 97.6 cm³/mol. The highest BCUT2D eigenvalue weighted by atomic mass is 16.5. The maximum atomic E-state index is 11.9. The predicted octanol–water partition coefficient (Wildman–Crippen LogP) is 4.97. The second-order valence-corrected chi connectivity index (χ2v) is 5.97. The highest BCUT2D eigenvalue weighted by Gasteiger charge is 2.01. The molecule has 0 unspecified atom stereocenters. The lowest BCUT2D eigenvalue weighted by molar-refractivity contribution is -0.116. The van der Waals surface area contributed by atoms with Crippen molar-refractivity contribution in [3.8, 4) is 5.75 Å². The third-order valence-corrected chi connectivity index (χ3v) is 3.97. The normalized spacial score (nSPS) is 11.3. The summed E-state index contributed by atoms with van der Waals surface area (Å²) >= 11 is 0. The Kier molecular flexibility index (Phi) is 9.85. The summed E-state index contributed by atoms with van der Waals surface area (Å²) in [4.78, 5) is 11.9. The molecule has 1 amide bonds. The largest absolute Gasteiger partial charge is 0.497 e. The quantitative estimate of drug-likeness (QED) is 0.462. The van der Waals surface area contributed by atoms with Crippen molar-refractivity contribution in [2.75, 3.05) is 13.7 Å². The minimum atomic E-state index is -0.00991. The molecule has 3 nitrogen and oxygen atoms in total. The lowest BCUT2D eigenvalue weighted by Gasteiger charge is -2.05. The van der Waals surface area contributed by atoms with E-state index in [9.17, 15) is 4.79 Å². The van der Waals surface area contributed by atoms with Crippen LogP contribution in [0.25, 0.3) is 5.57 Å². The van der Waals surface area contributed by atoms with Crippen molar-refractivity contribution in [1.82, 2.24) is 5.32 Å². The fourth-order valence-corrected chi connectivity index (χ4v) is 2.48. The van der Waals surface area contributed by atoms with E-state index in [-0.39, 0.29) is 5.91 Å². The number of allylic oxidation sites excluding steroid dienone is 1. The summed E-state index contributed by atoms with van der Waals surface area (Å²) in [7, 11) is 1.65. The number of benzene rings is 1. The van der Waals surface area contributed by atoms with Gasteiger partial charge in [-0.1, -0.05) is 57.6 Å². The number of hydrogen-bond acceptors (Lipinski definition) is 2. The molecule has 1 aromatic rings. The van der Waals surface area contributed by atoms with Crippen LogP contribution in [-0.4, -0.2) is 19.6 Å². The van der Waals surface area contributed by atoms with Gasteiger partial charge in [-0.05, 0) is 36.6 Å². The first kappa shape index (κ1) is 19.3. The lowest BCUT2D eigenvalue weighted by atomic mass is 10.1. The molecule has 0 heterocycles. The van der Waals surface area contributed by atoms with E-state index < -0.39 is 0 Å². The van der Waals surface area contributed by atoms with Gasteiger partial charge in [0.15, 0.2) is 0 Å². The van der Waals surface area contributed by atoms with Gasteiger partial charge in [0.1, 0.15) is 5.75 Å². The average Bonchev–Trinajstić information content (AvgIpc) is 2.57. The molecule has 1 rings (SSSR count).